The Labute approximate surface area is 108 Å². The molecule has 1 aliphatic rings. The number of anilines is 1. The molecule has 4 heteroatoms. The number of aryl methyl sites for hydroxylation is 2. The minimum absolute atomic E-state index is 0.573. The molecule has 0 amide bonds. The average molecular weight is 251 g/mol. The first-order valence-electron chi connectivity index (χ1n) is 6.36. The summed E-state index contributed by atoms with van der Waals surface area (Å²) in [5.74, 6) is 1.87. The Hall–Kier alpha value is -0.770. The van der Waals surface area contributed by atoms with Gasteiger partial charge in [-0.3, -0.25) is 0 Å². The van der Waals surface area contributed by atoms with E-state index in [-0.39, 0.29) is 0 Å². The molecule has 1 aromatic rings. The lowest BCUT2D eigenvalue weighted by Gasteiger charge is -2.20. The van der Waals surface area contributed by atoms with Gasteiger partial charge >= 0.3 is 0 Å². The molecule has 0 saturated heterocycles. The zero-order valence-corrected chi connectivity index (χ0v) is 11.7. The molecule has 1 saturated carbocycles. The van der Waals surface area contributed by atoms with Crippen LogP contribution in [0.4, 0.5) is 5.82 Å². The van der Waals surface area contributed by atoms with Gasteiger partial charge in [0.15, 0.2) is 0 Å². The molecule has 1 aliphatic carbocycles. The fourth-order valence-corrected chi connectivity index (χ4v) is 3.38. The van der Waals surface area contributed by atoms with E-state index in [9.17, 15) is 0 Å². The second kappa shape index (κ2) is 5.71. The molecule has 2 atom stereocenters. The molecule has 1 fully saturated rings. The Bertz CT molecular complexity index is 381. The minimum atomic E-state index is 0.573. The summed E-state index contributed by atoms with van der Waals surface area (Å²) in [5, 5.41) is 4.32. The van der Waals surface area contributed by atoms with Crippen LogP contribution in [0.15, 0.2) is 6.07 Å². The number of nitrogens with zero attached hydrogens (tertiary/aromatic N) is 2. The van der Waals surface area contributed by atoms with Crippen LogP contribution < -0.4 is 5.32 Å². The van der Waals surface area contributed by atoms with E-state index in [0.717, 1.165) is 29.0 Å². The van der Waals surface area contributed by atoms with E-state index in [1.807, 2.05) is 18.7 Å². The molecular weight excluding hydrogens is 230 g/mol. The highest BCUT2D eigenvalue weighted by atomic mass is 32.2. The first kappa shape index (κ1) is 12.7. The fourth-order valence-electron chi connectivity index (χ4n) is 2.45. The van der Waals surface area contributed by atoms with Gasteiger partial charge in [-0.15, -0.1) is 0 Å². The molecule has 0 spiro atoms. The molecular formula is C13H21N3S. The van der Waals surface area contributed by atoms with Gasteiger partial charge in [-0.05, 0) is 32.4 Å². The van der Waals surface area contributed by atoms with Crippen molar-refractivity contribution in [2.75, 3.05) is 11.6 Å². The lowest BCUT2D eigenvalue weighted by Crippen LogP contribution is -2.26. The van der Waals surface area contributed by atoms with E-state index in [0.29, 0.717) is 6.04 Å². The van der Waals surface area contributed by atoms with Crippen molar-refractivity contribution in [1.29, 1.82) is 0 Å². The van der Waals surface area contributed by atoms with E-state index >= 15 is 0 Å². The SMILES string of the molecule is CCc1cc(NC2CCCC2SC)nc(C)n1. The molecule has 0 radical (unpaired) electrons. The standard InChI is InChI=1S/C13H21N3S/c1-4-10-8-13(15-9(2)14-10)16-11-6-5-7-12(11)17-3/h8,11-12H,4-7H2,1-3H3,(H,14,15,16). The summed E-state index contributed by atoms with van der Waals surface area (Å²) in [6.07, 6.45) is 7.08. The highest BCUT2D eigenvalue weighted by Crippen LogP contribution is 2.30. The molecule has 2 unspecified atom stereocenters. The lowest BCUT2D eigenvalue weighted by atomic mass is 10.2. The van der Waals surface area contributed by atoms with Crippen molar-refractivity contribution >= 4 is 17.6 Å². The third kappa shape index (κ3) is 3.12. The van der Waals surface area contributed by atoms with Crippen molar-refractivity contribution in [3.8, 4) is 0 Å². The van der Waals surface area contributed by atoms with Crippen LogP contribution in [-0.4, -0.2) is 27.5 Å². The van der Waals surface area contributed by atoms with Crippen molar-refractivity contribution in [3.05, 3.63) is 17.6 Å². The largest absolute Gasteiger partial charge is 0.366 e. The Morgan fingerprint density at radius 1 is 1.41 bits per heavy atom. The number of aromatic nitrogens is 2. The summed E-state index contributed by atoms with van der Waals surface area (Å²) >= 11 is 1.97. The summed E-state index contributed by atoms with van der Waals surface area (Å²) in [5.41, 5.74) is 1.12. The highest BCUT2D eigenvalue weighted by Gasteiger charge is 2.26. The van der Waals surface area contributed by atoms with Gasteiger partial charge < -0.3 is 5.32 Å². The summed E-state index contributed by atoms with van der Waals surface area (Å²) in [6.45, 7) is 4.09. The van der Waals surface area contributed by atoms with Crippen molar-refractivity contribution in [2.45, 2.75) is 50.8 Å². The topological polar surface area (TPSA) is 37.8 Å². The number of hydrogen-bond donors (Lipinski definition) is 1. The summed E-state index contributed by atoms with van der Waals surface area (Å²) in [6, 6.07) is 2.66. The normalized spacial score (nSPS) is 23.9. The Morgan fingerprint density at radius 3 is 2.94 bits per heavy atom. The number of nitrogens with one attached hydrogen (secondary N) is 1. The van der Waals surface area contributed by atoms with E-state index in [1.165, 1.54) is 19.3 Å². The first-order chi connectivity index (χ1) is 8.22. The predicted molar refractivity (Wildman–Crippen MR) is 74.7 cm³/mol. The number of rotatable bonds is 4. The monoisotopic (exact) mass is 251 g/mol. The van der Waals surface area contributed by atoms with Crippen molar-refractivity contribution in [1.82, 2.24) is 9.97 Å². The third-order valence-electron chi connectivity index (χ3n) is 3.34. The van der Waals surface area contributed by atoms with E-state index in [1.54, 1.807) is 0 Å². The first-order valence-corrected chi connectivity index (χ1v) is 7.65. The van der Waals surface area contributed by atoms with E-state index in [2.05, 4.69) is 34.5 Å². The zero-order chi connectivity index (χ0) is 12.3. The van der Waals surface area contributed by atoms with Crippen LogP contribution in [0.2, 0.25) is 0 Å². The maximum absolute atomic E-state index is 4.48. The second-order valence-corrected chi connectivity index (χ2v) is 5.68. The van der Waals surface area contributed by atoms with E-state index in [4.69, 9.17) is 0 Å². The average Bonchev–Trinajstić information content (AvgIpc) is 2.75. The van der Waals surface area contributed by atoms with Gasteiger partial charge in [0.25, 0.3) is 0 Å². The Kier molecular flexibility index (Phi) is 4.26. The Balaban J connectivity index is 2.09. The molecule has 2 rings (SSSR count). The zero-order valence-electron chi connectivity index (χ0n) is 10.9. The number of hydrogen-bond acceptors (Lipinski definition) is 4. The van der Waals surface area contributed by atoms with Gasteiger partial charge in [-0.1, -0.05) is 13.3 Å². The number of thioether (sulfide) groups is 1. The van der Waals surface area contributed by atoms with Gasteiger partial charge in [0.05, 0.1) is 0 Å². The smallest absolute Gasteiger partial charge is 0.130 e. The maximum Gasteiger partial charge on any atom is 0.130 e. The maximum atomic E-state index is 4.48. The van der Waals surface area contributed by atoms with Crippen LogP contribution in [0.25, 0.3) is 0 Å². The molecule has 1 aromatic heterocycles. The van der Waals surface area contributed by atoms with Gasteiger partial charge in [0, 0.05) is 23.1 Å². The van der Waals surface area contributed by atoms with Crippen LogP contribution in [0.1, 0.15) is 37.7 Å². The van der Waals surface area contributed by atoms with Gasteiger partial charge in [0.1, 0.15) is 11.6 Å². The lowest BCUT2D eigenvalue weighted by molar-refractivity contribution is 0.759. The molecule has 1 N–H and O–H groups in total. The summed E-state index contributed by atoms with van der Waals surface area (Å²) < 4.78 is 0. The van der Waals surface area contributed by atoms with Crippen LogP contribution in [0.3, 0.4) is 0 Å². The summed E-state index contributed by atoms with van der Waals surface area (Å²) in [7, 11) is 0. The molecule has 0 bridgehead atoms. The van der Waals surface area contributed by atoms with Crippen LogP contribution >= 0.6 is 11.8 Å². The predicted octanol–water partition coefficient (Wildman–Crippen LogP) is 3.04. The van der Waals surface area contributed by atoms with Gasteiger partial charge in [-0.25, -0.2) is 9.97 Å². The molecule has 3 nitrogen and oxygen atoms in total. The fraction of sp³-hybridized carbons (Fsp3) is 0.692. The van der Waals surface area contributed by atoms with Crippen molar-refractivity contribution < 1.29 is 0 Å². The molecule has 0 aromatic carbocycles. The van der Waals surface area contributed by atoms with Gasteiger partial charge in [0.2, 0.25) is 0 Å². The molecule has 94 valence electrons. The molecule has 0 aliphatic heterocycles. The van der Waals surface area contributed by atoms with E-state index < -0.39 is 0 Å². The minimum Gasteiger partial charge on any atom is -0.366 e. The van der Waals surface area contributed by atoms with Crippen LogP contribution in [-0.2, 0) is 6.42 Å². The van der Waals surface area contributed by atoms with Crippen LogP contribution in [0.5, 0.6) is 0 Å². The third-order valence-corrected chi connectivity index (χ3v) is 4.51. The van der Waals surface area contributed by atoms with Crippen molar-refractivity contribution in [3.63, 3.8) is 0 Å². The summed E-state index contributed by atoms with van der Waals surface area (Å²) in [4.78, 5) is 8.89. The molecule has 1 heterocycles. The Morgan fingerprint density at radius 2 is 2.24 bits per heavy atom. The highest BCUT2D eigenvalue weighted by molar-refractivity contribution is 7.99. The second-order valence-electron chi connectivity index (χ2n) is 4.60. The van der Waals surface area contributed by atoms with Gasteiger partial charge in [-0.2, -0.15) is 11.8 Å². The quantitative estimate of drug-likeness (QED) is 0.892. The molecule has 17 heavy (non-hydrogen) atoms. The van der Waals surface area contributed by atoms with Crippen molar-refractivity contribution in [2.24, 2.45) is 0 Å². The van der Waals surface area contributed by atoms with Crippen LogP contribution in [0, 0.1) is 6.92 Å².